The van der Waals surface area contributed by atoms with E-state index in [0.29, 0.717) is 31.3 Å². The minimum Gasteiger partial charge on any atom is -0.366 e. The number of nitrogens with zero attached hydrogens (tertiary/aromatic N) is 2. The third-order valence-electron chi connectivity index (χ3n) is 3.19. The Morgan fingerprint density at radius 2 is 1.85 bits per heavy atom. The van der Waals surface area contributed by atoms with Crippen LogP contribution in [0, 0.1) is 5.82 Å². The molecule has 0 atom stereocenters. The van der Waals surface area contributed by atoms with E-state index < -0.39 is 15.8 Å². The minimum atomic E-state index is -3.78. The van der Waals surface area contributed by atoms with E-state index in [-0.39, 0.29) is 4.90 Å². The summed E-state index contributed by atoms with van der Waals surface area (Å²) in [5.74, 6) is -0.722. The molecule has 0 amide bonds. The molecule has 0 unspecified atom stereocenters. The van der Waals surface area contributed by atoms with Crippen LogP contribution in [0.3, 0.4) is 0 Å². The number of halogens is 1. The first-order chi connectivity index (χ1) is 9.46. The van der Waals surface area contributed by atoms with Crippen LogP contribution >= 0.6 is 12.2 Å². The molecular weight excluding hydrogens is 301 g/mol. The maximum atomic E-state index is 13.7. The maximum absolute atomic E-state index is 13.7. The monoisotopic (exact) mass is 317 g/mol. The molecule has 8 heteroatoms. The molecule has 20 heavy (non-hydrogen) atoms. The molecule has 1 aliphatic rings. The summed E-state index contributed by atoms with van der Waals surface area (Å²) >= 11 is 5.11. The highest BCUT2D eigenvalue weighted by Gasteiger charge is 2.30. The summed E-state index contributed by atoms with van der Waals surface area (Å²) in [5.41, 5.74) is 0. The molecule has 1 aliphatic heterocycles. The molecule has 1 aromatic carbocycles. The predicted octanol–water partition coefficient (Wildman–Crippen LogP) is 0.636. The van der Waals surface area contributed by atoms with Crippen molar-refractivity contribution in [2.45, 2.75) is 4.90 Å². The third-order valence-corrected chi connectivity index (χ3v) is 5.59. The summed E-state index contributed by atoms with van der Waals surface area (Å²) in [5, 5.41) is 3.45. The highest BCUT2D eigenvalue weighted by Crippen LogP contribution is 2.20. The van der Waals surface area contributed by atoms with Crippen molar-refractivity contribution in [3.8, 4) is 0 Å². The van der Waals surface area contributed by atoms with E-state index in [0.717, 1.165) is 6.07 Å². The number of nitrogens with one attached hydrogen (secondary N) is 1. The predicted molar refractivity (Wildman–Crippen MR) is 78.4 cm³/mol. The van der Waals surface area contributed by atoms with Gasteiger partial charge in [-0.05, 0) is 24.4 Å². The first kappa shape index (κ1) is 15.1. The Hall–Kier alpha value is -1.25. The SMILES string of the molecule is CNC(=S)N1CCN(S(=O)(=O)c2ccccc2F)CC1. The first-order valence-corrected chi connectivity index (χ1v) is 8.03. The summed E-state index contributed by atoms with van der Waals surface area (Å²) < 4.78 is 39.7. The topological polar surface area (TPSA) is 52.6 Å². The fourth-order valence-corrected chi connectivity index (χ4v) is 3.75. The van der Waals surface area contributed by atoms with Crippen LogP contribution in [-0.4, -0.2) is 56.0 Å². The van der Waals surface area contributed by atoms with Gasteiger partial charge in [0.25, 0.3) is 0 Å². The van der Waals surface area contributed by atoms with E-state index >= 15 is 0 Å². The molecule has 110 valence electrons. The van der Waals surface area contributed by atoms with E-state index in [1.54, 1.807) is 7.05 Å². The van der Waals surface area contributed by atoms with Gasteiger partial charge < -0.3 is 10.2 Å². The molecule has 0 radical (unpaired) electrons. The van der Waals surface area contributed by atoms with Crippen LogP contribution in [0.25, 0.3) is 0 Å². The fraction of sp³-hybridized carbons (Fsp3) is 0.417. The van der Waals surface area contributed by atoms with Gasteiger partial charge in [0, 0.05) is 33.2 Å². The quantitative estimate of drug-likeness (QED) is 0.811. The van der Waals surface area contributed by atoms with E-state index in [9.17, 15) is 12.8 Å². The molecule has 0 bridgehead atoms. The van der Waals surface area contributed by atoms with Crippen LogP contribution in [-0.2, 0) is 10.0 Å². The van der Waals surface area contributed by atoms with Crippen molar-refractivity contribution in [1.29, 1.82) is 0 Å². The number of hydrogen-bond acceptors (Lipinski definition) is 3. The Morgan fingerprint density at radius 3 is 2.40 bits per heavy atom. The lowest BCUT2D eigenvalue weighted by atomic mass is 10.3. The van der Waals surface area contributed by atoms with E-state index in [1.165, 1.54) is 22.5 Å². The van der Waals surface area contributed by atoms with Gasteiger partial charge in [0.15, 0.2) is 5.11 Å². The zero-order valence-corrected chi connectivity index (χ0v) is 12.7. The van der Waals surface area contributed by atoms with Crippen molar-refractivity contribution in [2.75, 3.05) is 33.2 Å². The molecular formula is C12H16FN3O2S2. The Balaban J connectivity index is 2.14. The van der Waals surface area contributed by atoms with Crippen LogP contribution < -0.4 is 5.32 Å². The summed E-state index contributed by atoms with van der Waals surface area (Å²) in [6, 6.07) is 5.43. The van der Waals surface area contributed by atoms with Crippen molar-refractivity contribution < 1.29 is 12.8 Å². The van der Waals surface area contributed by atoms with E-state index in [2.05, 4.69) is 5.32 Å². The number of hydrogen-bond donors (Lipinski definition) is 1. The van der Waals surface area contributed by atoms with Crippen LogP contribution in [0.4, 0.5) is 4.39 Å². The van der Waals surface area contributed by atoms with Crippen LogP contribution in [0.1, 0.15) is 0 Å². The van der Waals surface area contributed by atoms with E-state index in [1.807, 2.05) is 4.90 Å². The van der Waals surface area contributed by atoms with Gasteiger partial charge in [-0.3, -0.25) is 0 Å². The molecule has 1 heterocycles. The second kappa shape index (κ2) is 6.02. The Labute approximate surface area is 123 Å². The second-order valence-corrected chi connectivity index (χ2v) is 6.67. The summed E-state index contributed by atoms with van der Waals surface area (Å²) in [6.45, 7) is 1.57. The van der Waals surface area contributed by atoms with Gasteiger partial charge in [0.1, 0.15) is 10.7 Å². The lowest BCUT2D eigenvalue weighted by Gasteiger charge is -2.35. The molecule has 1 saturated heterocycles. The molecule has 0 spiro atoms. The Bertz CT molecular complexity index is 598. The van der Waals surface area contributed by atoms with Crippen LogP contribution in [0.15, 0.2) is 29.2 Å². The van der Waals surface area contributed by atoms with Gasteiger partial charge in [0.05, 0.1) is 0 Å². The Kier molecular flexibility index (Phi) is 4.56. The smallest absolute Gasteiger partial charge is 0.246 e. The molecule has 5 nitrogen and oxygen atoms in total. The Morgan fingerprint density at radius 1 is 1.25 bits per heavy atom. The normalized spacial score (nSPS) is 17.0. The van der Waals surface area contributed by atoms with Crippen LogP contribution in [0.5, 0.6) is 0 Å². The number of sulfonamides is 1. The van der Waals surface area contributed by atoms with Gasteiger partial charge in [-0.25, -0.2) is 12.8 Å². The summed E-state index contributed by atoms with van der Waals surface area (Å²) in [7, 11) is -2.05. The van der Waals surface area contributed by atoms with Gasteiger partial charge in [0.2, 0.25) is 10.0 Å². The number of benzene rings is 1. The van der Waals surface area contributed by atoms with E-state index in [4.69, 9.17) is 12.2 Å². The average Bonchev–Trinajstić information content (AvgIpc) is 2.47. The van der Waals surface area contributed by atoms with Crippen molar-refractivity contribution in [1.82, 2.24) is 14.5 Å². The van der Waals surface area contributed by atoms with Gasteiger partial charge in [-0.1, -0.05) is 12.1 Å². The van der Waals surface area contributed by atoms with Crippen molar-refractivity contribution >= 4 is 27.4 Å². The number of thiocarbonyl (C=S) groups is 1. The average molecular weight is 317 g/mol. The summed E-state index contributed by atoms with van der Waals surface area (Å²) in [4.78, 5) is 1.62. The second-order valence-electron chi connectivity index (χ2n) is 4.38. The lowest BCUT2D eigenvalue weighted by molar-refractivity contribution is 0.264. The maximum Gasteiger partial charge on any atom is 0.246 e. The molecule has 1 fully saturated rings. The lowest BCUT2D eigenvalue weighted by Crippen LogP contribution is -2.52. The number of rotatable bonds is 2. The molecule has 0 aromatic heterocycles. The highest BCUT2D eigenvalue weighted by atomic mass is 32.2. The molecule has 0 aliphatic carbocycles. The zero-order chi connectivity index (χ0) is 14.8. The minimum absolute atomic E-state index is 0.273. The molecule has 0 saturated carbocycles. The van der Waals surface area contributed by atoms with Crippen molar-refractivity contribution in [3.63, 3.8) is 0 Å². The van der Waals surface area contributed by atoms with Crippen molar-refractivity contribution in [2.24, 2.45) is 0 Å². The van der Waals surface area contributed by atoms with Gasteiger partial charge >= 0.3 is 0 Å². The molecule has 1 N–H and O–H groups in total. The number of piperazine rings is 1. The van der Waals surface area contributed by atoms with Crippen molar-refractivity contribution in [3.05, 3.63) is 30.1 Å². The summed E-state index contributed by atoms with van der Waals surface area (Å²) in [6.07, 6.45) is 0. The van der Waals surface area contributed by atoms with Gasteiger partial charge in [-0.2, -0.15) is 4.31 Å². The fourth-order valence-electron chi connectivity index (χ4n) is 2.08. The molecule has 2 rings (SSSR count). The standard InChI is InChI=1S/C12H16FN3O2S2/c1-14-12(19)15-6-8-16(9-7-15)20(17,18)11-5-3-2-4-10(11)13/h2-5H,6-9H2,1H3,(H,14,19). The van der Waals surface area contributed by atoms with Gasteiger partial charge in [-0.15, -0.1) is 0 Å². The zero-order valence-electron chi connectivity index (χ0n) is 11.0. The third kappa shape index (κ3) is 2.92. The molecule has 1 aromatic rings. The van der Waals surface area contributed by atoms with Crippen LogP contribution in [0.2, 0.25) is 0 Å². The first-order valence-electron chi connectivity index (χ1n) is 6.18. The largest absolute Gasteiger partial charge is 0.366 e. The highest BCUT2D eigenvalue weighted by molar-refractivity contribution is 7.89.